The Morgan fingerprint density at radius 3 is 1.01 bits per heavy atom. The molecular formula is C62H98F12N14O16. The lowest BCUT2D eigenvalue weighted by Crippen LogP contribution is -2.62. The maximum atomic E-state index is 14.7. The summed E-state index contributed by atoms with van der Waals surface area (Å²) in [5, 5.41) is 48.9. The summed E-state index contributed by atoms with van der Waals surface area (Å²) in [6.07, 6.45) is -21.6. The lowest BCUT2D eigenvalue weighted by Gasteiger charge is -2.29. The number of aliphatic hydroxyl groups is 2. The molecule has 1 aliphatic heterocycles. The average Bonchev–Trinajstić information content (AvgIpc) is 0.978. The zero-order valence-corrected chi connectivity index (χ0v) is 58.6. The molecule has 104 heavy (non-hydrogen) atoms. The number of nitrogens with one attached hydrogen (secondary N) is 14. The second-order valence-electron chi connectivity index (χ2n) is 25.7. The van der Waals surface area contributed by atoms with Gasteiger partial charge in [-0.15, -0.1) is 0 Å². The van der Waals surface area contributed by atoms with Crippen molar-refractivity contribution >= 4 is 82.7 Å². The molecule has 11 atom stereocenters. The number of carbonyl (C=O) groups excluding carboxylic acids is 14. The van der Waals surface area contributed by atoms with Gasteiger partial charge in [0.15, 0.2) is 0 Å². The minimum absolute atomic E-state index is 0.133. The van der Waals surface area contributed by atoms with E-state index >= 15 is 0 Å². The quantitative estimate of drug-likeness (QED) is 0.0301. The third-order valence-corrected chi connectivity index (χ3v) is 15.6. The topological polar surface area (TPSA) is 448 Å². The van der Waals surface area contributed by atoms with E-state index in [0.29, 0.717) is 12.8 Å². The minimum atomic E-state index is -5.56. The maximum absolute atomic E-state index is 14.7. The largest absolute Gasteiger partial charge is 0.471 e. The van der Waals surface area contributed by atoms with Crippen LogP contribution < -0.4 is 74.4 Å². The number of halogens is 12. The standard InChI is InChI=1S/C62H98F12N14O16/c1-8-9-10-11-12-13-14-15-16-17-18-19-43(91)87-44(34(6)89)53(99)83-36(21-26-76-55(101)59(63,64)65)46(92)75-25-20-39-48(94)80-38(23-28-78-57(103)61(69,70)71)49(95)85-42(31-33(4)5)52(98)86-41(30-32(2)3)51(97)82-37(22-27-77-56(102)60(66,67)68)47(93)81-40(24-29-79-58(104)62(72,73)74)50(96)88-45(35(7)90)54(100)84-39/h32-42,44-45,89-90H,8-31H2,1-7H3,(H,75,92)(H,76,101)(H,77,102)(H,78,103)(H,79,104)(H,80,94)(H,81,93)(H,82,97)(H,83,99)(H,84,100)(H,85,95)(H,86,98)(H,87,91)(H,88,96)/t34-,35-,36+,37+,38+,39+,40+,41+,42-,44+,45+/m1/s1. The molecule has 42 heteroatoms. The molecule has 0 aromatic carbocycles. The fourth-order valence-corrected chi connectivity index (χ4v) is 10.1. The predicted molar refractivity (Wildman–Crippen MR) is 343 cm³/mol. The van der Waals surface area contributed by atoms with Gasteiger partial charge in [-0.05, 0) is 77.0 Å². The molecule has 0 spiro atoms. The van der Waals surface area contributed by atoms with E-state index in [1.54, 1.807) is 0 Å². The summed E-state index contributed by atoms with van der Waals surface area (Å²) < 4.78 is 160. The van der Waals surface area contributed by atoms with Crippen LogP contribution >= 0.6 is 0 Å². The highest BCUT2D eigenvalue weighted by Gasteiger charge is 2.44. The summed E-state index contributed by atoms with van der Waals surface area (Å²) >= 11 is 0. The number of alkyl halides is 12. The molecule has 0 aromatic rings. The zero-order valence-electron chi connectivity index (χ0n) is 58.6. The van der Waals surface area contributed by atoms with Gasteiger partial charge in [-0.25, -0.2) is 0 Å². The summed E-state index contributed by atoms with van der Waals surface area (Å²) in [5.74, 6) is -25.4. The van der Waals surface area contributed by atoms with Crippen molar-refractivity contribution in [2.75, 3.05) is 32.7 Å². The Kier molecular flexibility index (Phi) is 41.2. The number of aliphatic hydroxyl groups excluding tert-OH is 2. The van der Waals surface area contributed by atoms with E-state index in [2.05, 4.69) is 49.5 Å². The van der Waals surface area contributed by atoms with Crippen LogP contribution in [0.2, 0.25) is 0 Å². The molecule has 1 heterocycles. The van der Waals surface area contributed by atoms with Crippen molar-refractivity contribution in [3.8, 4) is 0 Å². The van der Waals surface area contributed by atoms with Crippen molar-refractivity contribution < 1.29 is 130 Å². The first-order chi connectivity index (χ1) is 48.2. The van der Waals surface area contributed by atoms with E-state index < -0.39 is 251 Å². The zero-order chi connectivity index (χ0) is 79.5. The fourth-order valence-electron chi connectivity index (χ4n) is 10.1. The second-order valence-corrected chi connectivity index (χ2v) is 25.7. The SMILES string of the molecule is CCCCCCCCCCCCCC(=O)N[C@H](C(=O)N[C@@H](CCNC(=O)C(F)(F)F)C(=O)NCC[C@@H]1NC(=O)[C@H]([C@@H](C)O)NC(=O)[C@H](CCNC(=O)C(F)(F)F)NC(=O)[C@H](CCNC(=O)C(F)(F)F)NC(=O)[C@H](CC(C)C)NC(=O)[C@@H](CC(C)C)NC(=O)[C@H](CCNC(=O)C(F)(F)F)NC1=O)[C@@H](C)O. The van der Waals surface area contributed by atoms with Crippen LogP contribution in [0.5, 0.6) is 0 Å². The lowest BCUT2D eigenvalue weighted by atomic mass is 9.99. The van der Waals surface area contributed by atoms with Gasteiger partial charge in [0.25, 0.3) is 0 Å². The van der Waals surface area contributed by atoms with Crippen LogP contribution in [0.3, 0.4) is 0 Å². The van der Waals surface area contributed by atoms with Crippen LogP contribution in [-0.4, -0.2) is 217 Å². The van der Waals surface area contributed by atoms with Crippen molar-refractivity contribution in [3.63, 3.8) is 0 Å². The van der Waals surface area contributed by atoms with E-state index in [-0.39, 0.29) is 19.3 Å². The molecule has 0 bridgehead atoms. The second kappa shape index (κ2) is 45.8. The molecule has 16 N–H and O–H groups in total. The highest BCUT2D eigenvalue weighted by Crippen LogP contribution is 2.19. The van der Waals surface area contributed by atoms with E-state index in [4.69, 9.17) is 0 Å². The molecule has 1 fully saturated rings. The number of unbranched alkanes of at least 4 members (excludes halogenated alkanes) is 10. The van der Waals surface area contributed by atoms with Crippen molar-refractivity contribution in [1.29, 1.82) is 0 Å². The minimum Gasteiger partial charge on any atom is -0.391 e. The number of carbonyl (C=O) groups is 14. The molecule has 0 unspecified atom stereocenters. The van der Waals surface area contributed by atoms with Gasteiger partial charge in [-0.2, -0.15) is 52.7 Å². The first kappa shape index (κ1) is 93.7. The van der Waals surface area contributed by atoms with E-state index in [9.17, 15) is 130 Å². The summed E-state index contributed by atoms with van der Waals surface area (Å²) in [5.41, 5.74) is 0. The Morgan fingerprint density at radius 1 is 0.385 bits per heavy atom. The molecule has 0 radical (unpaired) electrons. The fraction of sp³-hybridized carbons (Fsp3) is 0.774. The monoisotopic (exact) mass is 1520 g/mol. The molecule has 1 aliphatic rings. The van der Waals surface area contributed by atoms with Crippen molar-refractivity contribution in [2.24, 2.45) is 11.8 Å². The van der Waals surface area contributed by atoms with Crippen LogP contribution in [0.25, 0.3) is 0 Å². The summed E-state index contributed by atoms with van der Waals surface area (Å²) in [4.78, 5) is 189. The van der Waals surface area contributed by atoms with Crippen LogP contribution in [0.1, 0.15) is 170 Å². The van der Waals surface area contributed by atoms with Gasteiger partial charge in [-0.1, -0.05) is 98.8 Å². The molecule has 14 amide bonds. The number of hydrogen-bond acceptors (Lipinski definition) is 16. The van der Waals surface area contributed by atoms with Gasteiger partial charge in [-0.3, -0.25) is 67.1 Å². The van der Waals surface area contributed by atoms with E-state index in [0.717, 1.165) is 71.6 Å². The van der Waals surface area contributed by atoms with Crippen LogP contribution in [0, 0.1) is 11.8 Å². The number of hydrogen-bond donors (Lipinski definition) is 16. The lowest BCUT2D eigenvalue weighted by molar-refractivity contribution is -0.173. The Labute approximate surface area is 592 Å². The van der Waals surface area contributed by atoms with Gasteiger partial charge in [0.1, 0.15) is 54.4 Å². The Hall–Kier alpha value is -8.34. The van der Waals surface area contributed by atoms with E-state index in [1.165, 1.54) is 49.0 Å². The molecule has 30 nitrogen and oxygen atoms in total. The summed E-state index contributed by atoms with van der Waals surface area (Å²) in [6, 6.07) is -18.9. The van der Waals surface area contributed by atoms with Crippen molar-refractivity contribution in [3.05, 3.63) is 0 Å². The maximum Gasteiger partial charge on any atom is 0.471 e. The first-order valence-electron chi connectivity index (χ1n) is 34.0. The van der Waals surface area contributed by atoms with Gasteiger partial charge < -0.3 is 84.6 Å². The van der Waals surface area contributed by atoms with Gasteiger partial charge in [0, 0.05) is 39.1 Å². The van der Waals surface area contributed by atoms with Crippen molar-refractivity contribution in [2.45, 2.75) is 262 Å². The summed E-state index contributed by atoms with van der Waals surface area (Å²) in [7, 11) is 0. The van der Waals surface area contributed by atoms with E-state index in [1.807, 2.05) is 10.6 Å². The number of amides is 14. The Morgan fingerprint density at radius 2 is 0.683 bits per heavy atom. The molecule has 0 aliphatic carbocycles. The van der Waals surface area contributed by atoms with Crippen molar-refractivity contribution in [1.82, 2.24) is 74.4 Å². The third-order valence-electron chi connectivity index (χ3n) is 15.6. The summed E-state index contributed by atoms with van der Waals surface area (Å²) in [6.45, 7) is 4.58. The predicted octanol–water partition coefficient (Wildman–Crippen LogP) is 0.699. The molecule has 0 aromatic heterocycles. The molecule has 1 rings (SSSR count). The third kappa shape index (κ3) is 37.4. The number of rotatable bonds is 37. The Bertz CT molecular complexity index is 2850. The van der Waals surface area contributed by atoms with Crippen LogP contribution in [0.15, 0.2) is 0 Å². The van der Waals surface area contributed by atoms with Crippen LogP contribution in [-0.2, 0) is 67.1 Å². The van der Waals surface area contributed by atoms with Gasteiger partial charge >= 0.3 is 48.3 Å². The molecule has 1 saturated heterocycles. The highest BCUT2D eigenvalue weighted by atomic mass is 19.4. The average molecular weight is 1520 g/mol. The van der Waals surface area contributed by atoms with Gasteiger partial charge in [0.05, 0.1) is 12.2 Å². The smallest absolute Gasteiger partial charge is 0.391 e. The normalized spacial score (nSPS) is 20.6. The Balaban J connectivity index is 4.17. The first-order valence-corrected chi connectivity index (χ1v) is 34.0. The van der Waals surface area contributed by atoms with Gasteiger partial charge in [0.2, 0.25) is 59.1 Å². The molecular weight excluding hydrogens is 1420 g/mol. The van der Waals surface area contributed by atoms with Crippen LogP contribution in [0.4, 0.5) is 52.7 Å². The molecule has 596 valence electrons. The molecule has 0 saturated carbocycles. The highest BCUT2D eigenvalue weighted by molar-refractivity contribution is 5.99.